The molecule has 0 radical (unpaired) electrons. The van der Waals surface area contributed by atoms with Crippen LogP contribution < -0.4 is 29.3 Å². The summed E-state index contributed by atoms with van der Waals surface area (Å²) in [5, 5.41) is 2.67. The fraction of sp³-hybridized carbons (Fsp3) is 0.333. The zero-order chi connectivity index (χ0) is 17.4. The summed E-state index contributed by atoms with van der Waals surface area (Å²) in [6.45, 7) is 0. The molecule has 0 unspecified atom stereocenters. The lowest BCUT2D eigenvalue weighted by molar-refractivity contribution is 0.357. The number of benzene rings is 2. The molecule has 2 aromatic rings. The highest BCUT2D eigenvalue weighted by atomic mass is 28.2. The largest absolute Gasteiger partial charge is 0.493 e. The molecule has 0 heterocycles. The van der Waals surface area contributed by atoms with Crippen molar-refractivity contribution >= 4 is 29.4 Å². The van der Waals surface area contributed by atoms with Gasteiger partial charge in [-0.25, -0.2) is 0 Å². The molecule has 4 nitrogen and oxygen atoms in total. The van der Waals surface area contributed by atoms with Crippen LogP contribution in [-0.2, 0) is 0 Å². The maximum atomic E-state index is 5.53. The van der Waals surface area contributed by atoms with E-state index in [2.05, 4.69) is 12.1 Å². The summed E-state index contributed by atoms with van der Waals surface area (Å²) in [5.74, 6) is 3.48. The van der Waals surface area contributed by atoms with Crippen LogP contribution in [0.2, 0.25) is 12.1 Å². The van der Waals surface area contributed by atoms with Gasteiger partial charge < -0.3 is 18.9 Å². The minimum Gasteiger partial charge on any atom is -0.493 e. The Hall–Kier alpha value is -1.93. The smallest absolute Gasteiger partial charge is 0.160 e. The Labute approximate surface area is 148 Å². The summed E-state index contributed by atoms with van der Waals surface area (Å²) in [6, 6.07) is 14.9. The lowest BCUT2D eigenvalue weighted by Gasteiger charge is -2.13. The van der Waals surface area contributed by atoms with E-state index in [0.29, 0.717) is 0 Å². The monoisotopic (exact) mass is 362 g/mol. The third-order valence-electron chi connectivity index (χ3n) is 4.11. The number of hydrogen-bond donors (Lipinski definition) is 0. The number of ether oxygens (including phenoxy) is 4. The molecule has 0 fully saturated rings. The van der Waals surface area contributed by atoms with Crippen LogP contribution >= 0.6 is 0 Å². The van der Waals surface area contributed by atoms with Crippen LogP contribution in [0.3, 0.4) is 0 Å². The first-order valence-electron chi connectivity index (χ1n) is 8.14. The van der Waals surface area contributed by atoms with Crippen LogP contribution in [-0.4, -0.2) is 47.5 Å². The maximum Gasteiger partial charge on any atom is 0.160 e. The van der Waals surface area contributed by atoms with Gasteiger partial charge in [0.15, 0.2) is 23.0 Å². The van der Waals surface area contributed by atoms with Gasteiger partial charge in [0.1, 0.15) is 0 Å². The highest BCUT2D eigenvalue weighted by Gasteiger charge is 2.11. The van der Waals surface area contributed by atoms with Crippen molar-refractivity contribution in [2.45, 2.75) is 12.1 Å². The topological polar surface area (TPSA) is 36.9 Å². The standard InChI is InChI=1S/C18H26O4Si2/c1-19-13-7-5-9-15(17(13)21-3)23-11-12-24-16-10-6-8-14(20-2)18(16)22-4/h5-10H,11-12,23-24H2,1-4H3. The zero-order valence-electron chi connectivity index (χ0n) is 14.9. The minimum atomic E-state index is -0.374. The van der Waals surface area contributed by atoms with Crippen molar-refractivity contribution in [3.63, 3.8) is 0 Å². The van der Waals surface area contributed by atoms with Crippen molar-refractivity contribution in [1.82, 2.24) is 0 Å². The van der Waals surface area contributed by atoms with E-state index in [4.69, 9.17) is 18.9 Å². The van der Waals surface area contributed by atoms with Crippen LogP contribution in [0.5, 0.6) is 23.0 Å². The second-order valence-electron chi connectivity index (χ2n) is 5.51. The Kier molecular flexibility index (Phi) is 7.20. The first-order chi connectivity index (χ1) is 11.7. The van der Waals surface area contributed by atoms with Gasteiger partial charge in [0.2, 0.25) is 0 Å². The van der Waals surface area contributed by atoms with Crippen molar-refractivity contribution in [3.05, 3.63) is 36.4 Å². The van der Waals surface area contributed by atoms with E-state index in [-0.39, 0.29) is 19.0 Å². The summed E-state index contributed by atoms with van der Waals surface area (Å²) < 4.78 is 21.8. The first kappa shape index (κ1) is 18.4. The molecule has 2 aromatic carbocycles. The summed E-state index contributed by atoms with van der Waals surface area (Å²) in [7, 11) is 6.05. The molecule has 0 amide bonds. The molecule has 0 atom stereocenters. The second-order valence-corrected chi connectivity index (χ2v) is 9.45. The van der Waals surface area contributed by atoms with Crippen molar-refractivity contribution in [1.29, 1.82) is 0 Å². The van der Waals surface area contributed by atoms with Crippen LogP contribution in [0.15, 0.2) is 36.4 Å². The Morgan fingerprint density at radius 3 is 1.38 bits per heavy atom. The number of methoxy groups -OCH3 is 4. The van der Waals surface area contributed by atoms with Crippen molar-refractivity contribution in [2.75, 3.05) is 28.4 Å². The first-order valence-corrected chi connectivity index (χ1v) is 11.6. The lowest BCUT2D eigenvalue weighted by atomic mass is 10.3. The Balaban J connectivity index is 1.97. The average Bonchev–Trinajstić information content (AvgIpc) is 2.64. The predicted octanol–water partition coefficient (Wildman–Crippen LogP) is 0.846. The quantitative estimate of drug-likeness (QED) is 0.489. The van der Waals surface area contributed by atoms with E-state index < -0.39 is 0 Å². The summed E-state index contributed by atoms with van der Waals surface area (Å²) >= 11 is 0. The van der Waals surface area contributed by atoms with Gasteiger partial charge >= 0.3 is 0 Å². The van der Waals surface area contributed by atoms with E-state index in [1.54, 1.807) is 28.4 Å². The third-order valence-corrected chi connectivity index (χ3v) is 9.01. The van der Waals surface area contributed by atoms with Crippen LogP contribution in [0.1, 0.15) is 0 Å². The molecule has 2 rings (SSSR count). The minimum absolute atomic E-state index is 0.374. The van der Waals surface area contributed by atoms with Crippen LogP contribution in [0.25, 0.3) is 0 Å². The number of hydrogen-bond acceptors (Lipinski definition) is 4. The molecule has 0 N–H and O–H groups in total. The molecule has 0 aliphatic rings. The molecule has 0 bridgehead atoms. The van der Waals surface area contributed by atoms with E-state index in [9.17, 15) is 0 Å². The highest BCUT2D eigenvalue weighted by Crippen LogP contribution is 2.24. The third kappa shape index (κ3) is 4.33. The number of rotatable bonds is 9. The maximum absolute atomic E-state index is 5.53. The Morgan fingerprint density at radius 1 is 0.625 bits per heavy atom. The molecule has 0 aliphatic heterocycles. The average molecular weight is 363 g/mol. The van der Waals surface area contributed by atoms with E-state index >= 15 is 0 Å². The fourth-order valence-electron chi connectivity index (χ4n) is 2.93. The molecule has 24 heavy (non-hydrogen) atoms. The lowest BCUT2D eigenvalue weighted by Crippen LogP contribution is -2.21. The van der Waals surface area contributed by atoms with E-state index in [1.165, 1.54) is 22.5 Å². The molecule has 0 saturated heterocycles. The zero-order valence-corrected chi connectivity index (χ0v) is 17.8. The van der Waals surface area contributed by atoms with Gasteiger partial charge in [0, 0.05) is 0 Å². The molecule has 0 saturated carbocycles. The van der Waals surface area contributed by atoms with Crippen LogP contribution in [0.4, 0.5) is 0 Å². The predicted molar refractivity (Wildman–Crippen MR) is 105 cm³/mol. The van der Waals surface area contributed by atoms with Crippen molar-refractivity contribution < 1.29 is 18.9 Å². The molecular formula is C18H26O4Si2. The van der Waals surface area contributed by atoms with Gasteiger partial charge in [-0.3, -0.25) is 0 Å². The van der Waals surface area contributed by atoms with Crippen molar-refractivity contribution in [3.8, 4) is 23.0 Å². The molecule has 0 aromatic heterocycles. The van der Waals surface area contributed by atoms with Crippen molar-refractivity contribution in [2.24, 2.45) is 0 Å². The van der Waals surface area contributed by atoms with Crippen LogP contribution in [0, 0.1) is 0 Å². The van der Waals surface area contributed by atoms with E-state index in [0.717, 1.165) is 23.0 Å². The molecule has 0 aliphatic carbocycles. The van der Waals surface area contributed by atoms with Gasteiger partial charge in [-0.1, -0.05) is 36.4 Å². The fourth-order valence-corrected chi connectivity index (χ4v) is 7.39. The Bertz CT molecular complexity index is 604. The SMILES string of the molecule is COc1cccc([SiH2]CC[SiH2]c2cccc(OC)c2OC)c1OC. The molecule has 6 heteroatoms. The van der Waals surface area contributed by atoms with Gasteiger partial charge in [0.05, 0.1) is 47.5 Å². The summed E-state index contributed by atoms with van der Waals surface area (Å²) in [5.41, 5.74) is 0. The summed E-state index contributed by atoms with van der Waals surface area (Å²) in [4.78, 5) is 0. The Morgan fingerprint density at radius 2 is 1.04 bits per heavy atom. The molecular weight excluding hydrogens is 336 g/mol. The second kappa shape index (κ2) is 9.39. The summed E-state index contributed by atoms with van der Waals surface area (Å²) in [6.07, 6.45) is 0. The molecule has 0 spiro atoms. The van der Waals surface area contributed by atoms with Gasteiger partial charge in [-0.2, -0.15) is 0 Å². The van der Waals surface area contributed by atoms with E-state index in [1.807, 2.05) is 24.3 Å². The normalized spacial score (nSPS) is 11.3. The van der Waals surface area contributed by atoms with Gasteiger partial charge in [0.25, 0.3) is 0 Å². The molecule has 130 valence electrons. The highest BCUT2D eigenvalue weighted by molar-refractivity contribution is 6.60. The number of para-hydroxylation sites is 2. The van der Waals surface area contributed by atoms with Gasteiger partial charge in [-0.15, -0.1) is 0 Å². The van der Waals surface area contributed by atoms with Gasteiger partial charge in [-0.05, 0) is 22.5 Å².